The molecule has 1 aliphatic rings. The van der Waals surface area contributed by atoms with Crippen LogP contribution < -0.4 is 4.74 Å². The molecule has 0 aliphatic carbocycles. The van der Waals surface area contributed by atoms with Crippen LogP contribution in [0.5, 0.6) is 5.75 Å². The van der Waals surface area contributed by atoms with Gasteiger partial charge in [0.1, 0.15) is 17.4 Å². The summed E-state index contributed by atoms with van der Waals surface area (Å²) in [6.07, 6.45) is 0. The number of rotatable bonds is 5. The van der Waals surface area contributed by atoms with E-state index in [2.05, 4.69) is 4.90 Å². The molecule has 0 atom stereocenters. The first-order valence-corrected chi connectivity index (χ1v) is 8.71. The third-order valence-corrected chi connectivity index (χ3v) is 4.49. The molecule has 3 rings (SSSR count). The predicted octanol–water partition coefficient (Wildman–Crippen LogP) is 3.34. The minimum atomic E-state index is -0.733. The van der Waals surface area contributed by atoms with Crippen LogP contribution >= 0.6 is 11.6 Å². The summed E-state index contributed by atoms with van der Waals surface area (Å²) in [4.78, 5) is 16.2. The van der Waals surface area contributed by atoms with Crippen molar-refractivity contribution in [1.82, 2.24) is 9.80 Å². The van der Waals surface area contributed by atoms with Gasteiger partial charge in [-0.25, -0.2) is 8.78 Å². The van der Waals surface area contributed by atoms with E-state index in [1.165, 1.54) is 5.56 Å². The summed E-state index contributed by atoms with van der Waals surface area (Å²) in [6, 6.07) is 10.6. The average Bonchev–Trinajstić information content (AvgIpc) is 2.61. The van der Waals surface area contributed by atoms with E-state index in [1.807, 2.05) is 24.3 Å². The summed E-state index contributed by atoms with van der Waals surface area (Å²) in [7, 11) is 0. The van der Waals surface area contributed by atoms with Crippen molar-refractivity contribution in [3.8, 4) is 5.75 Å². The number of benzene rings is 2. The lowest BCUT2D eigenvalue weighted by molar-refractivity contribution is -0.135. The summed E-state index contributed by atoms with van der Waals surface area (Å²) in [5, 5.41) is 0.711. The van der Waals surface area contributed by atoms with Gasteiger partial charge >= 0.3 is 0 Å². The van der Waals surface area contributed by atoms with Crippen LogP contribution in [0.1, 0.15) is 5.56 Å². The highest BCUT2D eigenvalue weighted by atomic mass is 35.5. The number of carbonyl (C=O) groups is 1. The van der Waals surface area contributed by atoms with Crippen LogP contribution in [-0.4, -0.2) is 48.5 Å². The van der Waals surface area contributed by atoms with Gasteiger partial charge in [-0.15, -0.1) is 0 Å². The van der Waals surface area contributed by atoms with E-state index in [0.717, 1.165) is 37.8 Å². The maximum absolute atomic E-state index is 13.1. The van der Waals surface area contributed by atoms with E-state index in [0.29, 0.717) is 18.1 Å². The summed E-state index contributed by atoms with van der Waals surface area (Å²) in [6.45, 7) is 3.25. The molecule has 1 aliphatic heterocycles. The SMILES string of the molecule is O=C(COc1cc(F)cc(F)c1)N1CCN(Cc2ccc(Cl)cc2)CC1. The van der Waals surface area contributed by atoms with Crippen molar-refractivity contribution in [3.63, 3.8) is 0 Å². The smallest absolute Gasteiger partial charge is 0.260 e. The minimum absolute atomic E-state index is 0.0113. The van der Waals surface area contributed by atoms with Crippen LogP contribution in [0.2, 0.25) is 5.02 Å². The summed E-state index contributed by atoms with van der Waals surface area (Å²) < 4.78 is 31.5. The number of nitrogens with zero attached hydrogens (tertiary/aromatic N) is 2. The Morgan fingerprint density at radius 3 is 2.23 bits per heavy atom. The van der Waals surface area contributed by atoms with Crippen LogP contribution in [0.4, 0.5) is 8.78 Å². The van der Waals surface area contributed by atoms with Gasteiger partial charge in [0.15, 0.2) is 6.61 Å². The molecule has 0 bridgehead atoms. The van der Waals surface area contributed by atoms with Gasteiger partial charge in [-0.1, -0.05) is 23.7 Å². The van der Waals surface area contributed by atoms with Crippen molar-refractivity contribution in [2.75, 3.05) is 32.8 Å². The fourth-order valence-corrected chi connectivity index (χ4v) is 2.98. The van der Waals surface area contributed by atoms with E-state index in [4.69, 9.17) is 16.3 Å². The number of amides is 1. The lowest BCUT2D eigenvalue weighted by Crippen LogP contribution is -2.49. The van der Waals surface area contributed by atoms with E-state index in [1.54, 1.807) is 4.90 Å². The lowest BCUT2D eigenvalue weighted by Gasteiger charge is -2.34. The minimum Gasteiger partial charge on any atom is -0.484 e. The number of hydrogen-bond donors (Lipinski definition) is 0. The Hall–Kier alpha value is -2.18. The van der Waals surface area contributed by atoms with E-state index >= 15 is 0 Å². The highest BCUT2D eigenvalue weighted by Gasteiger charge is 2.21. The zero-order valence-electron chi connectivity index (χ0n) is 14.1. The van der Waals surface area contributed by atoms with Gasteiger partial charge in [0.05, 0.1) is 0 Å². The average molecular weight is 381 g/mol. The van der Waals surface area contributed by atoms with Gasteiger partial charge in [0.25, 0.3) is 5.91 Å². The van der Waals surface area contributed by atoms with Gasteiger partial charge < -0.3 is 9.64 Å². The topological polar surface area (TPSA) is 32.8 Å². The molecule has 1 amide bonds. The first kappa shape index (κ1) is 18.6. The molecular weight excluding hydrogens is 362 g/mol. The molecule has 0 N–H and O–H groups in total. The summed E-state index contributed by atoms with van der Waals surface area (Å²) in [5.41, 5.74) is 1.17. The lowest BCUT2D eigenvalue weighted by atomic mass is 10.2. The van der Waals surface area contributed by atoms with E-state index < -0.39 is 11.6 Å². The van der Waals surface area contributed by atoms with Gasteiger partial charge in [0, 0.05) is 55.9 Å². The molecule has 26 heavy (non-hydrogen) atoms. The number of halogens is 3. The van der Waals surface area contributed by atoms with Crippen molar-refractivity contribution in [3.05, 3.63) is 64.7 Å². The predicted molar refractivity (Wildman–Crippen MR) is 95.2 cm³/mol. The Morgan fingerprint density at radius 1 is 1.00 bits per heavy atom. The Balaban J connectivity index is 1.45. The highest BCUT2D eigenvalue weighted by Crippen LogP contribution is 2.16. The molecule has 2 aromatic carbocycles. The van der Waals surface area contributed by atoms with E-state index in [-0.39, 0.29) is 18.3 Å². The first-order chi connectivity index (χ1) is 12.5. The zero-order chi connectivity index (χ0) is 18.5. The third-order valence-electron chi connectivity index (χ3n) is 4.24. The second-order valence-corrected chi connectivity index (χ2v) is 6.61. The van der Waals surface area contributed by atoms with Crippen LogP contribution in [0.3, 0.4) is 0 Å². The molecule has 1 heterocycles. The maximum atomic E-state index is 13.1. The van der Waals surface area contributed by atoms with Crippen LogP contribution in [0, 0.1) is 11.6 Å². The van der Waals surface area contributed by atoms with Crippen molar-refractivity contribution >= 4 is 17.5 Å². The van der Waals surface area contributed by atoms with Crippen molar-refractivity contribution in [2.45, 2.75) is 6.54 Å². The van der Waals surface area contributed by atoms with Gasteiger partial charge in [0.2, 0.25) is 0 Å². The Labute approximate surface area is 155 Å². The van der Waals surface area contributed by atoms with E-state index in [9.17, 15) is 13.6 Å². The number of ether oxygens (including phenoxy) is 1. The number of piperazine rings is 1. The van der Waals surface area contributed by atoms with Crippen LogP contribution in [0.25, 0.3) is 0 Å². The second-order valence-electron chi connectivity index (χ2n) is 6.18. The summed E-state index contributed by atoms with van der Waals surface area (Å²) >= 11 is 5.89. The van der Waals surface area contributed by atoms with Gasteiger partial charge in [-0.2, -0.15) is 0 Å². The summed E-state index contributed by atoms with van der Waals surface area (Å²) in [5.74, 6) is -1.65. The Morgan fingerprint density at radius 2 is 1.62 bits per heavy atom. The standard InChI is InChI=1S/C19H19ClF2N2O2/c20-15-3-1-14(2-4-15)12-23-5-7-24(8-6-23)19(25)13-26-18-10-16(21)9-17(22)11-18/h1-4,9-11H,5-8,12-13H2. The maximum Gasteiger partial charge on any atom is 0.260 e. The molecule has 138 valence electrons. The molecule has 0 radical (unpaired) electrons. The first-order valence-electron chi connectivity index (χ1n) is 8.33. The zero-order valence-corrected chi connectivity index (χ0v) is 14.9. The molecule has 7 heteroatoms. The molecule has 1 saturated heterocycles. The second kappa shape index (κ2) is 8.47. The monoisotopic (exact) mass is 380 g/mol. The van der Waals surface area contributed by atoms with Crippen molar-refractivity contribution in [1.29, 1.82) is 0 Å². The molecule has 0 unspecified atom stereocenters. The van der Waals surface area contributed by atoms with Gasteiger partial charge in [-0.05, 0) is 17.7 Å². The third kappa shape index (κ3) is 5.16. The van der Waals surface area contributed by atoms with Crippen molar-refractivity contribution < 1.29 is 18.3 Å². The highest BCUT2D eigenvalue weighted by molar-refractivity contribution is 6.30. The Bertz CT molecular complexity index is 742. The van der Waals surface area contributed by atoms with Crippen molar-refractivity contribution in [2.24, 2.45) is 0 Å². The van der Waals surface area contributed by atoms with Crippen LogP contribution in [0.15, 0.2) is 42.5 Å². The van der Waals surface area contributed by atoms with Crippen LogP contribution in [-0.2, 0) is 11.3 Å². The molecular formula is C19H19ClF2N2O2. The molecule has 1 fully saturated rings. The molecule has 0 spiro atoms. The molecule has 2 aromatic rings. The molecule has 0 saturated carbocycles. The largest absolute Gasteiger partial charge is 0.484 e. The normalized spacial score (nSPS) is 15.1. The molecule has 4 nitrogen and oxygen atoms in total. The number of hydrogen-bond acceptors (Lipinski definition) is 3. The fraction of sp³-hybridized carbons (Fsp3) is 0.316. The Kier molecular flexibility index (Phi) is 6.06. The number of carbonyl (C=O) groups excluding carboxylic acids is 1. The quantitative estimate of drug-likeness (QED) is 0.797. The van der Waals surface area contributed by atoms with Gasteiger partial charge in [-0.3, -0.25) is 9.69 Å². The molecule has 0 aromatic heterocycles. The fourth-order valence-electron chi connectivity index (χ4n) is 2.85.